The number of nitrogens with two attached hydrogens (primary N) is 1. The Morgan fingerprint density at radius 3 is 3.18 bits per heavy atom. The maximum atomic E-state index is 12.3. The summed E-state index contributed by atoms with van der Waals surface area (Å²) in [5, 5.41) is 0.439. The highest BCUT2D eigenvalue weighted by molar-refractivity contribution is 7.99. The van der Waals surface area contributed by atoms with Gasteiger partial charge < -0.3 is 5.73 Å². The van der Waals surface area contributed by atoms with Crippen LogP contribution >= 0.6 is 23.4 Å². The molecule has 1 aliphatic heterocycles. The van der Waals surface area contributed by atoms with E-state index in [0.29, 0.717) is 10.6 Å². The number of likely N-dealkylation sites (N-methyl/N-ethyl adjacent to an activating group) is 1. The highest BCUT2D eigenvalue weighted by Gasteiger charge is 2.28. The molecule has 2 heterocycles. The molecule has 0 aromatic carbocycles. The molecule has 2 N–H and O–H groups in total. The minimum atomic E-state index is -0.128. The van der Waals surface area contributed by atoms with Crippen molar-refractivity contribution in [2.75, 3.05) is 30.8 Å². The van der Waals surface area contributed by atoms with E-state index in [9.17, 15) is 4.79 Å². The van der Waals surface area contributed by atoms with Gasteiger partial charge in [0.25, 0.3) is 0 Å². The number of nitrogen functional groups attached to an aromatic ring is 1. The predicted octanol–water partition coefficient (Wildman–Crippen LogP) is 1.55. The number of hydrogen-bond acceptors (Lipinski definition) is 5. The van der Waals surface area contributed by atoms with Crippen molar-refractivity contribution < 1.29 is 4.79 Å². The van der Waals surface area contributed by atoms with Crippen molar-refractivity contribution >= 4 is 35.0 Å². The molecule has 1 unspecified atom stereocenters. The lowest BCUT2D eigenvalue weighted by atomic mass is 10.1. The van der Waals surface area contributed by atoms with E-state index >= 15 is 0 Å². The Bertz CT molecular complexity index is 441. The normalized spacial score (nSPS) is 21.4. The molecule has 4 nitrogen and oxygen atoms in total. The van der Waals surface area contributed by atoms with E-state index in [-0.39, 0.29) is 17.6 Å². The number of pyridine rings is 1. The minimum Gasteiger partial charge on any atom is -0.383 e. The second kappa shape index (κ2) is 5.25. The van der Waals surface area contributed by atoms with Crippen LogP contribution in [0.1, 0.15) is 10.4 Å². The summed E-state index contributed by atoms with van der Waals surface area (Å²) in [5.74, 6) is 2.11. The summed E-state index contributed by atoms with van der Waals surface area (Å²) in [7, 11) is 1.95. The van der Waals surface area contributed by atoms with E-state index in [2.05, 4.69) is 9.88 Å². The molecule has 0 amide bonds. The van der Waals surface area contributed by atoms with Crippen LogP contribution in [-0.2, 0) is 0 Å². The zero-order valence-electron chi connectivity index (χ0n) is 9.52. The van der Waals surface area contributed by atoms with Crippen LogP contribution < -0.4 is 5.73 Å². The molecule has 1 saturated heterocycles. The standard InChI is InChI=1S/C11H14ClN3OS/c1-15-2-3-17-6-9(15)10(16)8-4-7(12)5-14-11(8)13/h4-5,9H,2-3,6H2,1H3,(H2,13,14). The van der Waals surface area contributed by atoms with Gasteiger partial charge in [0.05, 0.1) is 16.6 Å². The number of hydrogen-bond donors (Lipinski definition) is 1. The molecule has 2 rings (SSSR count). The second-order valence-electron chi connectivity index (χ2n) is 4.02. The minimum absolute atomic E-state index is 0.00667. The van der Waals surface area contributed by atoms with Crippen LogP contribution in [-0.4, -0.2) is 46.8 Å². The monoisotopic (exact) mass is 271 g/mol. The summed E-state index contributed by atoms with van der Waals surface area (Å²) in [5.41, 5.74) is 6.15. The number of carbonyl (C=O) groups excluding carboxylic acids is 1. The maximum Gasteiger partial charge on any atom is 0.184 e. The third-order valence-electron chi connectivity index (χ3n) is 2.85. The van der Waals surface area contributed by atoms with Crippen LogP contribution in [0.3, 0.4) is 0 Å². The van der Waals surface area contributed by atoms with Gasteiger partial charge in [0.15, 0.2) is 5.78 Å². The lowest BCUT2D eigenvalue weighted by molar-refractivity contribution is 0.0875. The van der Waals surface area contributed by atoms with Gasteiger partial charge in [-0.2, -0.15) is 11.8 Å². The SMILES string of the molecule is CN1CCSCC1C(=O)c1cc(Cl)cnc1N. The van der Waals surface area contributed by atoms with Gasteiger partial charge in [0, 0.05) is 24.2 Å². The summed E-state index contributed by atoms with van der Waals surface area (Å²) in [6.07, 6.45) is 1.45. The van der Waals surface area contributed by atoms with Crippen molar-refractivity contribution in [3.05, 3.63) is 22.8 Å². The molecule has 17 heavy (non-hydrogen) atoms. The molecule has 0 saturated carbocycles. The molecular weight excluding hydrogens is 258 g/mol. The van der Waals surface area contributed by atoms with Crippen LogP contribution in [0, 0.1) is 0 Å². The van der Waals surface area contributed by atoms with Crippen molar-refractivity contribution in [2.24, 2.45) is 0 Å². The van der Waals surface area contributed by atoms with Crippen molar-refractivity contribution in [2.45, 2.75) is 6.04 Å². The van der Waals surface area contributed by atoms with Gasteiger partial charge in [0.1, 0.15) is 5.82 Å². The summed E-state index contributed by atoms with van der Waals surface area (Å²) >= 11 is 7.63. The number of rotatable bonds is 2. The zero-order valence-corrected chi connectivity index (χ0v) is 11.1. The van der Waals surface area contributed by atoms with E-state index in [4.69, 9.17) is 17.3 Å². The average molecular weight is 272 g/mol. The van der Waals surface area contributed by atoms with E-state index in [1.54, 1.807) is 17.8 Å². The topological polar surface area (TPSA) is 59.2 Å². The van der Waals surface area contributed by atoms with Gasteiger partial charge in [0.2, 0.25) is 0 Å². The molecule has 1 aromatic rings. The molecule has 1 aromatic heterocycles. The first-order valence-electron chi connectivity index (χ1n) is 5.33. The molecule has 0 radical (unpaired) electrons. The number of nitrogens with zero attached hydrogens (tertiary/aromatic N) is 2. The fourth-order valence-corrected chi connectivity index (χ4v) is 3.16. The fourth-order valence-electron chi connectivity index (χ4n) is 1.79. The number of carbonyl (C=O) groups is 1. The lowest BCUT2D eigenvalue weighted by Crippen LogP contribution is -2.45. The van der Waals surface area contributed by atoms with E-state index < -0.39 is 0 Å². The van der Waals surface area contributed by atoms with Gasteiger partial charge in [-0.25, -0.2) is 4.98 Å². The zero-order chi connectivity index (χ0) is 12.4. The molecule has 0 aliphatic carbocycles. The van der Waals surface area contributed by atoms with E-state index in [0.717, 1.165) is 18.1 Å². The van der Waals surface area contributed by atoms with Crippen molar-refractivity contribution in [1.29, 1.82) is 0 Å². The Morgan fingerprint density at radius 1 is 1.71 bits per heavy atom. The number of aromatic nitrogens is 1. The highest BCUT2D eigenvalue weighted by atomic mass is 35.5. The lowest BCUT2D eigenvalue weighted by Gasteiger charge is -2.30. The number of thioether (sulfide) groups is 1. The average Bonchev–Trinajstić information content (AvgIpc) is 2.32. The Morgan fingerprint density at radius 2 is 2.47 bits per heavy atom. The Labute approximate surface area is 110 Å². The summed E-state index contributed by atoms with van der Waals surface area (Å²) in [6.45, 7) is 0.912. The quantitative estimate of drug-likeness (QED) is 0.827. The largest absolute Gasteiger partial charge is 0.383 e. The fraction of sp³-hybridized carbons (Fsp3) is 0.455. The molecule has 0 spiro atoms. The van der Waals surface area contributed by atoms with Crippen LogP contribution in [0.4, 0.5) is 5.82 Å². The number of ketones is 1. The van der Waals surface area contributed by atoms with Crippen LogP contribution in [0.25, 0.3) is 0 Å². The van der Waals surface area contributed by atoms with E-state index in [1.165, 1.54) is 6.20 Å². The molecule has 1 atom stereocenters. The van der Waals surface area contributed by atoms with Crippen molar-refractivity contribution in [1.82, 2.24) is 9.88 Å². The van der Waals surface area contributed by atoms with Crippen LogP contribution in [0.2, 0.25) is 5.02 Å². The molecule has 6 heteroatoms. The first-order chi connectivity index (χ1) is 8.09. The van der Waals surface area contributed by atoms with Gasteiger partial charge >= 0.3 is 0 Å². The Kier molecular flexibility index (Phi) is 3.91. The number of anilines is 1. The highest BCUT2D eigenvalue weighted by Crippen LogP contribution is 2.22. The first kappa shape index (κ1) is 12.7. The van der Waals surface area contributed by atoms with Gasteiger partial charge in [-0.15, -0.1) is 0 Å². The van der Waals surface area contributed by atoms with Gasteiger partial charge in [-0.1, -0.05) is 11.6 Å². The first-order valence-corrected chi connectivity index (χ1v) is 6.86. The molecule has 1 fully saturated rings. The van der Waals surface area contributed by atoms with Crippen LogP contribution in [0.15, 0.2) is 12.3 Å². The molecule has 92 valence electrons. The Hall–Kier alpha value is -0.780. The van der Waals surface area contributed by atoms with Crippen molar-refractivity contribution in [3.8, 4) is 0 Å². The molecule has 0 bridgehead atoms. The maximum absolute atomic E-state index is 12.3. The third kappa shape index (κ3) is 2.73. The molecule has 1 aliphatic rings. The second-order valence-corrected chi connectivity index (χ2v) is 5.61. The van der Waals surface area contributed by atoms with Crippen LogP contribution in [0.5, 0.6) is 0 Å². The Balaban J connectivity index is 2.26. The number of Topliss-reactive ketones (excluding diaryl/α,β-unsaturated/α-hetero) is 1. The summed E-state index contributed by atoms with van der Waals surface area (Å²) in [6, 6.07) is 1.47. The number of halogens is 1. The molecular formula is C11H14ClN3OS. The van der Waals surface area contributed by atoms with Gasteiger partial charge in [-0.3, -0.25) is 9.69 Å². The predicted molar refractivity (Wildman–Crippen MR) is 71.7 cm³/mol. The van der Waals surface area contributed by atoms with Gasteiger partial charge in [-0.05, 0) is 13.1 Å². The summed E-state index contributed by atoms with van der Waals surface area (Å²) in [4.78, 5) is 18.3. The van der Waals surface area contributed by atoms with Crippen molar-refractivity contribution in [3.63, 3.8) is 0 Å². The van der Waals surface area contributed by atoms with E-state index in [1.807, 2.05) is 7.05 Å². The smallest absolute Gasteiger partial charge is 0.184 e. The summed E-state index contributed by atoms with van der Waals surface area (Å²) < 4.78 is 0. The third-order valence-corrected chi connectivity index (χ3v) is 4.08.